The van der Waals surface area contributed by atoms with Crippen LogP contribution in [0.15, 0.2) is 48.9 Å². The predicted octanol–water partition coefficient (Wildman–Crippen LogP) is 2.92. The molecule has 3 rings (SSSR count). The second kappa shape index (κ2) is 5.83. The van der Waals surface area contributed by atoms with Crippen LogP contribution in [-0.4, -0.2) is 27.2 Å². The van der Waals surface area contributed by atoms with Crippen LogP contribution in [0.4, 0.5) is 5.82 Å². The van der Waals surface area contributed by atoms with Gasteiger partial charge in [0.05, 0.1) is 12.2 Å². The molecule has 1 unspecified atom stereocenters. The van der Waals surface area contributed by atoms with Crippen molar-refractivity contribution in [3.8, 4) is 5.75 Å². The molecule has 1 atom stereocenters. The van der Waals surface area contributed by atoms with E-state index in [9.17, 15) is 0 Å². The third-order valence-corrected chi connectivity index (χ3v) is 3.23. The fraction of sp³-hybridized carbons (Fsp3) is 0.250. The van der Waals surface area contributed by atoms with Gasteiger partial charge in [0.15, 0.2) is 5.82 Å². The largest absolute Gasteiger partial charge is 0.491 e. The topological polar surface area (TPSA) is 51.5 Å². The van der Waals surface area contributed by atoms with E-state index in [0.717, 1.165) is 17.1 Å². The third kappa shape index (κ3) is 3.13. The first-order chi connectivity index (χ1) is 10.2. The van der Waals surface area contributed by atoms with Gasteiger partial charge in [-0.2, -0.15) is 5.10 Å². The Labute approximate surface area is 123 Å². The Kier molecular flexibility index (Phi) is 3.73. The van der Waals surface area contributed by atoms with E-state index in [0.29, 0.717) is 6.61 Å². The second-order valence-electron chi connectivity index (χ2n) is 5.11. The maximum atomic E-state index is 5.78. The van der Waals surface area contributed by atoms with Crippen molar-refractivity contribution in [2.75, 3.05) is 11.9 Å². The maximum Gasteiger partial charge on any atom is 0.152 e. The fourth-order valence-electron chi connectivity index (χ4n) is 2.10. The Hall–Kier alpha value is -2.56. The van der Waals surface area contributed by atoms with Gasteiger partial charge in [0, 0.05) is 12.4 Å². The monoisotopic (exact) mass is 282 g/mol. The second-order valence-corrected chi connectivity index (χ2v) is 5.11. The SMILES string of the molecule is Cc1ccc(OCC(C)Nc2nccn3nccc23)cc1. The predicted molar refractivity (Wildman–Crippen MR) is 82.7 cm³/mol. The zero-order valence-electron chi connectivity index (χ0n) is 12.2. The Morgan fingerprint density at radius 2 is 2.00 bits per heavy atom. The molecule has 0 saturated carbocycles. The normalized spacial score (nSPS) is 12.3. The van der Waals surface area contributed by atoms with Crippen LogP contribution in [0.25, 0.3) is 5.52 Å². The smallest absolute Gasteiger partial charge is 0.152 e. The van der Waals surface area contributed by atoms with Crippen molar-refractivity contribution in [3.63, 3.8) is 0 Å². The number of aryl methyl sites for hydroxylation is 1. The maximum absolute atomic E-state index is 5.78. The molecule has 21 heavy (non-hydrogen) atoms. The summed E-state index contributed by atoms with van der Waals surface area (Å²) in [5.41, 5.74) is 2.19. The lowest BCUT2D eigenvalue weighted by Gasteiger charge is -2.16. The van der Waals surface area contributed by atoms with Crippen LogP contribution in [0.1, 0.15) is 12.5 Å². The average molecular weight is 282 g/mol. The highest BCUT2D eigenvalue weighted by Crippen LogP contribution is 2.15. The van der Waals surface area contributed by atoms with Crippen LogP contribution in [0, 0.1) is 6.92 Å². The quantitative estimate of drug-likeness (QED) is 0.781. The van der Waals surface area contributed by atoms with Crippen LogP contribution >= 0.6 is 0 Å². The molecule has 0 saturated heterocycles. The molecule has 0 spiro atoms. The fourth-order valence-corrected chi connectivity index (χ4v) is 2.10. The molecule has 5 nitrogen and oxygen atoms in total. The Morgan fingerprint density at radius 1 is 1.19 bits per heavy atom. The molecule has 2 aromatic heterocycles. The molecule has 0 radical (unpaired) electrons. The minimum absolute atomic E-state index is 0.139. The number of hydrogen-bond donors (Lipinski definition) is 1. The Balaban J connectivity index is 1.62. The van der Waals surface area contributed by atoms with Gasteiger partial charge in [-0.1, -0.05) is 17.7 Å². The summed E-state index contributed by atoms with van der Waals surface area (Å²) in [6, 6.07) is 10.1. The molecular formula is C16H18N4O. The van der Waals surface area contributed by atoms with Gasteiger partial charge in [-0.15, -0.1) is 0 Å². The van der Waals surface area contributed by atoms with E-state index in [1.807, 2.05) is 36.5 Å². The van der Waals surface area contributed by atoms with Crippen molar-refractivity contribution in [1.82, 2.24) is 14.6 Å². The molecule has 0 amide bonds. The molecule has 108 valence electrons. The number of fused-ring (bicyclic) bond motifs is 1. The Morgan fingerprint density at radius 3 is 2.81 bits per heavy atom. The average Bonchev–Trinajstić information content (AvgIpc) is 2.96. The zero-order valence-corrected chi connectivity index (χ0v) is 12.2. The van der Waals surface area contributed by atoms with E-state index in [2.05, 4.69) is 29.2 Å². The summed E-state index contributed by atoms with van der Waals surface area (Å²) in [6.45, 7) is 4.70. The van der Waals surface area contributed by atoms with Gasteiger partial charge in [-0.05, 0) is 32.0 Å². The molecule has 0 aliphatic carbocycles. The van der Waals surface area contributed by atoms with Gasteiger partial charge in [-0.3, -0.25) is 0 Å². The highest BCUT2D eigenvalue weighted by Gasteiger charge is 2.08. The van der Waals surface area contributed by atoms with E-state index in [-0.39, 0.29) is 6.04 Å². The number of nitrogens with zero attached hydrogens (tertiary/aromatic N) is 3. The summed E-state index contributed by atoms with van der Waals surface area (Å²) in [4.78, 5) is 4.36. The highest BCUT2D eigenvalue weighted by atomic mass is 16.5. The third-order valence-electron chi connectivity index (χ3n) is 3.23. The summed E-state index contributed by atoms with van der Waals surface area (Å²) >= 11 is 0. The number of ether oxygens (including phenoxy) is 1. The van der Waals surface area contributed by atoms with Crippen LogP contribution in [0.2, 0.25) is 0 Å². The van der Waals surface area contributed by atoms with Gasteiger partial charge in [0.2, 0.25) is 0 Å². The lowest BCUT2D eigenvalue weighted by molar-refractivity contribution is 0.303. The van der Waals surface area contributed by atoms with Gasteiger partial charge in [-0.25, -0.2) is 9.50 Å². The van der Waals surface area contributed by atoms with Crippen LogP contribution in [0.3, 0.4) is 0 Å². The number of nitrogens with one attached hydrogen (secondary N) is 1. The zero-order chi connectivity index (χ0) is 14.7. The van der Waals surface area contributed by atoms with Crippen LogP contribution in [-0.2, 0) is 0 Å². The molecule has 0 bridgehead atoms. The molecule has 3 aromatic rings. The summed E-state index contributed by atoms with van der Waals surface area (Å²) in [6.07, 6.45) is 5.32. The molecule has 0 aliphatic rings. The highest BCUT2D eigenvalue weighted by molar-refractivity contribution is 5.66. The molecular weight excluding hydrogens is 264 g/mol. The van der Waals surface area contributed by atoms with Gasteiger partial charge >= 0.3 is 0 Å². The van der Waals surface area contributed by atoms with Crippen molar-refractivity contribution in [1.29, 1.82) is 0 Å². The number of rotatable bonds is 5. The molecule has 5 heteroatoms. The lowest BCUT2D eigenvalue weighted by Crippen LogP contribution is -2.24. The molecule has 2 heterocycles. The number of hydrogen-bond acceptors (Lipinski definition) is 4. The summed E-state index contributed by atoms with van der Waals surface area (Å²) < 4.78 is 7.57. The van der Waals surface area contributed by atoms with E-state index >= 15 is 0 Å². The van der Waals surface area contributed by atoms with Gasteiger partial charge in [0.25, 0.3) is 0 Å². The lowest BCUT2D eigenvalue weighted by atomic mass is 10.2. The summed E-state index contributed by atoms with van der Waals surface area (Å²) in [5.74, 6) is 1.69. The summed E-state index contributed by atoms with van der Waals surface area (Å²) in [7, 11) is 0. The summed E-state index contributed by atoms with van der Waals surface area (Å²) in [5, 5.41) is 7.55. The van der Waals surface area contributed by atoms with Crippen LogP contribution < -0.4 is 10.1 Å². The van der Waals surface area contributed by atoms with E-state index in [4.69, 9.17) is 4.74 Å². The minimum atomic E-state index is 0.139. The molecule has 1 N–H and O–H groups in total. The van der Waals surface area contributed by atoms with Crippen molar-refractivity contribution >= 4 is 11.3 Å². The van der Waals surface area contributed by atoms with E-state index in [1.165, 1.54) is 5.56 Å². The van der Waals surface area contributed by atoms with E-state index < -0.39 is 0 Å². The van der Waals surface area contributed by atoms with Crippen molar-refractivity contribution in [2.24, 2.45) is 0 Å². The first kappa shape index (κ1) is 13.4. The van der Waals surface area contributed by atoms with Gasteiger partial charge in [0.1, 0.15) is 17.9 Å². The van der Waals surface area contributed by atoms with E-state index in [1.54, 1.807) is 16.9 Å². The molecule has 1 aromatic carbocycles. The first-order valence-corrected chi connectivity index (χ1v) is 6.97. The Bertz CT molecular complexity index is 720. The number of anilines is 1. The number of aromatic nitrogens is 3. The van der Waals surface area contributed by atoms with Gasteiger partial charge < -0.3 is 10.1 Å². The van der Waals surface area contributed by atoms with Crippen molar-refractivity contribution in [3.05, 3.63) is 54.5 Å². The van der Waals surface area contributed by atoms with Crippen molar-refractivity contribution in [2.45, 2.75) is 19.9 Å². The van der Waals surface area contributed by atoms with Crippen LogP contribution in [0.5, 0.6) is 5.75 Å². The number of benzene rings is 1. The standard InChI is InChI=1S/C16H18N4O/c1-12-3-5-14(6-4-12)21-11-13(2)19-16-15-7-8-18-20(15)10-9-17-16/h3-10,13H,11H2,1-2H3,(H,17,19). The first-order valence-electron chi connectivity index (χ1n) is 6.97. The van der Waals surface area contributed by atoms with Crippen molar-refractivity contribution < 1.29 is 4.74 Å². The molecule has 0 aliphatic heterocycles. The minimum Gasteiger partial charge on any atom is -0.491 e. The molecule has 0 fully saturated rings.